The summed E-state index contributed by atoms with van der Waals surface area (Å²) in [7, 11) is 0. The van der Waals surface area contributed by atoms with Crippen molar-refractivity contribution < 1.29 is 4.79 Å². The van der Waals surface area contributed by atoms with E-state index in [0.29, 0.717) is 31.0 Å². The Kier molecular flexibility index (Phi) is 5.57. The molecule has 5 rings (SSSR count). The number of amides is 1. The maximum absolute atomic E-state index is 13.0. The molecule has 32 heavy (non-hydrogen) atoms. The molecule has 0 bridgehead atoms. The molecule has 1 amide bonds. The first-order chi connectivity index (χ1) is 15.8. The number of nitrogens with zero attached hydrogens (tertiary/aromatic N) is 7. The van der Waals surface area contributed by atoms with Crippen molar-refractivity contribution in [1.82, 2.24) is 29.6 Å². The van der Waals surface area contributed by atoms with Crippen molar-refractivity contribution >= 4 is 11.7 Å². The van der Waals surface area contributed by atoms with Crippen molar-refractivity contribution in [2.75, 3.05) is 31.1 Å². The summed E-state index contributed by atoms with van der Waals surface area (Å²) in [5.41, 5.74) is 2.78. The van der Waals surface area contributed by atoms with Gasteiger partial charge in [0.05, 0.1) is 6.54 Å². The van der Waals surface area contributed by atoms with Crippen LogP contribution in [0, 0.1) is 0 Å². The van der Waals surface area contributed by atoms with E-state index in [4.69, 9.17) is 4.98 Å². The Bertz CT molecular complexity index is 1170. The second-order valence-electron chi connectivity index (χ2n) is 7.67. The smallest absolute Gasteiger partial charge is 0.253 e. The Morgan fingerprint density at radius 1 is 0.906 bits per heavy atom. The lowest BCUT2D eigenvalue weighted by Gasteiger charge is -2.35. The second-order valence-corrected chi connectivity index (χ2v) is 7.67. The quantitative estimate of drug-likeness (QED) is 0.489. The molecule has 1 fully saturated rings. The van der Waals surface area contributed by atoms with Gasteiger partial charge in [-0.05, 0) is 23.8 Å². The van der Waals surface area contributed by atoms with Gasteiger partial charge in [0.2, 0.25) is 0 Å². The van der Waals surface area contributed by atoms with Gasteiger partial charge in [0, 0.05) is 43.5 Å². The fraction of sp³-hybridized carbons (Fsp3) is 0.208. The summed E-state index contributed by atoms with van der Waals surface area (Å²) in [5, 5.41) is 4.11. The number of carbonyl (C=O) groups excluding carboxylic acids is 1. The number of carbonyl (C=O) groups is 1. The van der Waals surface area contributed by atoms with Gasteiger partial charge in [-0.1, -0.05) is 42.5 Å². The van der Waals surface area contributed by atoms with E-state index in [0.717, 1.165) is 30.0 Å². The minimum absolute atomic E-state index is 0.0598. The lowest BCUT2D eigenvalue weighted by molar-refractivity contribution is 0.0746. The van der Waals surface area contributed by atoms with Crippen LogP contribution >= 0.6 is 0 Å². The summed E-state index contributed by atoms with van der Waals surface area (Å²) in [4.78, 5) is 30.2. The summed E-state index contributed by atoms with van der Waals surface area (Å²) in [6.45, 7) is 3.42. The SMILES string of the molecule is O=C(c1ccc(Cn2cncn2)cc1)N1CCN(c2ccnc(-c3ccccc3)n2)CC1. The molecule has 0 unspecified atom stereocenters. The number of hydrogen-bond donors (Lipinski definition) is 0. The van der Waals surface area contributed by atoms with Gasteiger partial charge < -0.3 is 9.80 Å². The lowest BCUT2D eigenvalue weighted by atomic mass is 10.1. The minimum Gasteiger partial charge on any atom is -0.353 e. The van der Waals surface area contributed by atoms with Crippen molar-refractivity contribution in [1.29, 1.82) is 0 Å². The van der Waals surface area contributed by atoms with Crippen LogP contribution in [-0.4, -0.2) is 61.7 Å². The van der Waals surface area contributed by atoms with E-state index in [1.165, 1.54) is 6.33 Å². The first-order valence-electron chi connectivity index (χ1n) is 10.6. The topological polar surface area (TPSA) is 80.0 Å². The van der Waals surface area contributed by atoms with Gasteiger partial charge in [0.1, 0.15) is 18.5 Å². The molecule has 1 saturated heterocycles. The molecule has 0 radical (unpaired) electrons. The molecule has 0 aliphatic carbocycles. The van der Waals surface area contributed by atoms with Crippen LogP contribution in [0.5, 0.6) is 0 Å². The lowest BCUT2D eigenvalue weighted by Crippen LogP contribution is -2.49. The van der Waals surface area contributed by atoms with Crippen molar-refractivity contribution in [3.63, 3.8) is 0 Å². The van der Waals surface area contributed by atoms with E-state index >= 15 is 0 Å². The highest BCUT2D eigenvalue weighted by Gasteiger charge is 2.23. The highest BCUT2D eigenvalue weighted by Crippen LogP contribution is 2.20. The summed E-state index contributed by atoms with van der Waals surface area (Å²) >= 11 is 0. The number of hydrogen-bond acceptors (Lipinski definition) is 6. The van der Waals surface area contributed by atoms with Gasteiger partial charge in [-0.3, -0.25) is 4.79 Å². The molecule has 160 valence electrons. The molecule has 8 nitrogen and oxygen atoms in total. The second kappa shape index (κ2) is 8.97. The van der Waals surface area contributed by atoms with Gasteiger partial charge in [0.25, 0.3) is 5.91 Å². The Morgan fingerprint density at radius 3 is 2.41 bits per heavy atom. The van der Waals surface area contributed by atoms with Crippen LogP contribution in [0.1, 0.15) is 15.9 Å². The van der Waals surface area contributed by atoms with Crippen molar-refractivity contribution in [2.24, 2.45) is 0 Å². The van der Waals surface area contributed by atoms with Crippen LogP contribution < -0.4 is 4.90 Å². The third kappa shape index (κ3) is 4.34. The molecule has 2 aromatic heterocycles. The zero-order chi connectivity index (χ0) is 21.8. The predicted molar refractivity (Wildman–Crippen MR) is 121 cm³/mol. The molecule has 1 aliphatic heterocycles. The minimum atomic E-state index is 0.0598. The first-order valence-corrected chi connectivity index (χ1v) is 10.6. The van der Waals surface area contributed by atoms with Crippen molar-refractivity contribution in [2.45, 2.75) is 6.54 Å². The molecular weight excluding hydrogens is 402 g/mol. The zero-order valence-electron chi connectivity index (χ0n) is 17.6. The Balaban J connectivity index is 1.21. The Hall–Kier alpha value is -4.07. The third-order valence-corrected chi connectivity index (χ3v) is 5.58. The predicted octanol–water partition coefficient (Wildman–Crippen LogP) is 2.75. The zero-order valence-corrected chi connectivity index (χ0v) is 17.6. The highest BCUT2D eigenvalue weighted by atomic mass is 16.2. The molecule has 1 aliphatic rings. The fourth-order valence-electron chi connectivity index (χ4n) is 3.83. The molecule has 4 aromatic rings. The number of rotatable bonds is 5. The van der Waals surface area contributed by atoms with Gasteiger partial charge >= 0.3 is 0 Å². The van der Waals surface area contributed by atoms with Crippen LogP contribution in [0.3, 0.4) is 0 Å². The molecule has 8 heteroatoms. The number of aromatic nitrogens is 5. The molecule has 2 aromatic carbocycles. The molecule has 0 saturated carbocycles. The fourth-order valence-corrected chi connectivity index (χ4v) is 3.83. The average Bonchev–Trinajstić information content (AvgIpc) is 3.38. The number of anilines is 1. The van der Waals surface area contributed by atoms with E-state index in [1.54, 1.807) is 17.2 Å². The molecule has 0 N–H and O–H groups in total. The van der Waals surface area contributed by atoms with E-state index in [-0.39, 0.29) is 5.91 Å². The summed E-state index contributed by atoms with van der Waals surface area (Å²) < 4.78 is 1.76. The van der Waals surface area contributed by atoms with E-state index < -0.39 is 0 Å². The summed E-state index contributed by atoms with van der Waals surface area (Å²) in [6, 6.07) is 19.6. The van der Waals surface area contributed by atoms with Gasteiger partial charge in [-0.25, -0.2) is 19.6 Å². The summed E-state index contributed by atoms with van der Waals surface area (Å²) in [6.07, 6.45) is 4.99. The van der Waals surface area contributed by atoms with Crippen LogP contribution in [-0.2, 0) is 6.54 Å². The van der Waals surface area contributed by atoms with E-state index in [1.807, 2.05) is 65.6 Å². The molecular formula is C24H23N7O. The first kappa shape index (κ1) is 19.9. The molecule has 3 heterocycles. The summed E-state index contributed by atoms with van der Waals surface area (Å²) in [5.74, 6) is 1.67. The number of piperazine rings is 1. The van der Waals surface area contributed by atoms with Crippen molar-refractivity contribution in [3.05, 3.63) is 90.6 Å². The standard InChI is InChI=1S/C24H23N7O/c32-24(21-8-6-19(7-9-21)16-31-18-25-17-27-31)30-14-12-29(13-15-30)22-10-11-26-23(28-22)20-4-2-1-3-5-20/h1-11,17-18H,12-16H2. The maximum atomic E-state index is 13.0. The van der Waals surface area contributed by atoms with Crippen LogP contribution in [0.25, 0.3) is 11.4 Å². The van der Waals surface area contributed by atoms with Gasteiger partial charge in [-0.15, -0.1) is 0 Å². The Morgan fingerprint density at radius 2 is 1.69 bits per heavy atom. The number of benzene rings is 2. The largest absolute Gasteiger partial charge is 0.353 e. The van der Waals surface area contributed by atoms with Crippen LogP contribution in [0.15, 0.2) is 79.5 Å². The maximum Gasteiger partial charge on any atom is 0.253 e. The average molecular weight is 425 g/mol. The monoisotopic (exact) mass is 425 g/mol. The van der Waals surface area contributed by atoms with Crippen LogP contribution in [0.2, 0.25) is 0 Å². The third-order valence-electron chi connectivity index (χ3n) is 5.58. The van der Waals surface area contributed by atoms with E-state index in [9.17, 15) is 4.79 Å². The van der Waals surface area contributed by atoms with E-state index in [2.05, 4.69) is 20.0 Å². The van der Waals surface area contributed by atoms with Gasteiger partial charge in [-0.2, -0.15) is 5.10 Å². The molecule has 0 spiro atoms. The normalized spacial score (nSPS) is 13.9. The highest BCUT2D eigenvalue weighted by molar-refractivity contribution is 5.94. The molecule has 0 atom stereocenters. The Labute approximate surface area is 186 Å². The van der Waals surface area contributed by atoms with Crippen LogP contribution in [0.4, 0.5) is 5.82 Å². The van der Waals surface area contributed by atoms with Crippen molar-refractivity contribution in [3.8, 4) is 11.4 Å². The van der Waals surface area contributed by atoms with Gasteiger partial charge in [0.15, 0.2) is 5.82 Å².